The van der Waals surface area contributed by atoms with Gasteiger partial charge in [-0.15, -0.1) is 0 Å². The van der Waals surface area contributed by atoms with E-state index in [4.69, 9.17) is 4.74 Å². The lowest BCUT2D eigenvalue weighted by atomic mass is 10.1. The second-order valence-electron chi connectivity index (χ2n) is 3.33. The SMILES string of the molecule is Brc1ccc(OC2C=CCCC2)cn1. The normalized spacial score (nSPS) is 20.8. The molecule has 14 heavy (non-hydrogen) atoms. The fourth-order valence-electron chi connectivity index (χ4n) is 1.49. The van der Waals surface area contributed by atoms with Crippen LogP contribution in [0.4, 0.5) is 0 Å². The monoisotopic (exact) mass is 253 g/mol. The number of hydrogen-bond donors (Lipinski definition) is 0. The van der Waals surface area contributed by atoms with Crippen LogP contribution in [0.1, 0.15) is 19.3 Å². The Morgan fingerprint density at radius 1 is 1.43 bits per heavy atom. The molecule has 0 spiro atoms. The Hall–Kier alpha value is -0.830. The Labute approximate surface area is 92.1 Å². The second kappa shape index (κ2) is 4.60. The van der Waals surface area contributed by atoms with E-state index in [1.165, 1.54) is 12.8 Å². The Morgan fingerprint density at radius 3 is 3.00 bits per heavy atom. The lowest BCUT2D eigenvalue weighted by Gasteiger charge is -2.17. The number of hydrogen-bond acceptors (Lipinski definition) is 2. The number of halogens is 1. The minimum atomic E-state index is 0.228. The predicted molar refractivity (Wildman–Crippen MR) is 59.3 cm³/mol. The van der Waals surface area contributed by atoms with Crippen molar-refractivity contribution in [3.63, 3.8) is 0 Å². The third-order valence-corrected chi connectivity index (χ3v) is 2.67. The van der Waals surface area contributed by atoms with Crippen LogP contribution in [0.5, 0.6) is 5.75 Å². The third kappa shape index (κ3) is 2.58. The maximum Gasteiger partial charge on any atom is 0.138 e. The standard InChI is InChI=1S/C11H12BrNO/c12-11-7-6-10(8-13-11)14-9-4-2-1-3-5-9/h2,4,6-9H,1,3,5H2. The molecule has 0 N–H and O–H groups in total. The zero-order valence-electron chi connectivity index (χ0n) is 7.82. The molecule has 0 radical (unpaired) electrons. The smallest absolute Gasteiger partial charge is 0.138 e. The zero-order valence-corrected chi connectivity index (χ0v) is 9.40. The highest BCUT2D eigenvalue weighted by Crippen LogP contribution is 2.19. The summed E-state index contributed by atoms with van der Waals surface area (Å²) < 4.78 is 6.58. The van der Waals surface area contributed by atoms with Gasteiger partial charge in [0.1, 0.15) is 16.5 Å². The van der Waals surface area contributed by atoms with Crippen molar-refractivity contribution in [2.45, 2.75) is 25.4 Å². The van der Waals surface area contributed by atoms with Crippen molar-refractivity contribution >= 4 is 15.9 Å². The quantitative estimate of drug-likeness (QED) is 0.596. The van der Waals surface area contributed by atoms with E-state index in [9.17, 15) is 0 Å². The van der Waals surface area contributed by atoms with Gasteiger partial charge in [0.15, 0.2) is 0 Å². The van der Waals surface area contributed by atoms with Crippen molar-refractivity contribution in [3.05, 3.63) is 35.1 Å². The van der Waals surface area contributed by atoms with Gasteiger partial charge in [-0.1, -0.05) is 6.08 Å². The molecule has 1 atom stereocenters. The summed E-state index contributed by atoms with van der Waals surface area (Å²) >= 11 is 3.29. The fraction of sp³-hybridized carbons (Fsp3) is 0.364. The lowest BCUT2D eigenvalue weighted by Crippen LogP contribution is -2.15. The van der Waals surface area contributed by atoms with Crippen LogP contribution >= 0.6 is 15.9 Å². The summed E-state index contributed by atoms with van der Waals surface area (Å²) in [6.45, 7) is 0. The number of allylic oxidation sites excluding steroid dienone is 1. The van der Waals surface area contributed by atoms with Crippen molar-refractivity contribution in [2.24, 2.45) is 0 Å². The number of ether oxygens (including phenoxy) is 1. The molecule has 3 heteroatoms. The molecule has 1 aromatic heterocycles. The highest BCUT2D eigenvalue weighted by Gasteiger charge is 2.09. The van der Waals surface area contributed by atoms with Crippen LogP contribution in [-0.2, 0) is 0 Å². The Bertz CT molecular complexity index is 321. The van der Waals surface area contributed by atoms with Crippen molar-refractivity contribution in [2.75, 3.05) is 0 Å². The van der Waals surface area contributed by atoms with Crippen molar-refractivity contribution in [1.82, 2.24) is 4.98 Å². The van der Waals surface area contributed by atoms with Gasteiger partial charge in [0.05, 0.1) is 6.20 Å². The number of nitrogens with zero attached hydrogens (tertiary/aromatic N) is 1. The van der Waals surface area contributed by atoms with Gasteiger partial charge < -0.3 is 4.74 Å². The van der Waals surface area contributed by atoms with Gasteiger partial charge in [-0.25, -0.2) is 4.98 Å². The van der Waals surface area contributed by atoms with Gasteiger partial charge in [-0.05, 0) is 53.4 Å². The van der Waals surface area contributed by atoms with E-state index in [-0.39, 0.29) is 6.10 Å². The molecule has 0 bridgehead atoms. The Kier molecular flexibility index (Phi) is 3.19. The maximum atomic E-state index is 5.74. The molecule has 0 aliphatic heterocycles. The lowest BCUT2D eigenvalue weighted by molar-refractivity contribution is 0.229. The van der Waals surface area contributed by atoms with Crippen LogP contribution in [0.25, 0.3) is 0 Å². The summed E-state index contributed by atoms with van der Waals surface area (Å²) in [6.07, 6.45) is 9.78. The molecular weight excluding hydrogens is 242 g/mol. The van der Waals surface area contributed by atoms with E-state index < -0.39 is 0 Å². The molecule has 0 aromatic carbocycles. The molecule has 2 rings (SSSR count). The first-order valence-electron chi connectivity index (χ1n) is 4.79. The highest BCUT2D eigenvalue weighted by molar-refractivity contribution is 9.10. The molecule has 0 amide bonds. The van der Waals surface area contributed by atoms with E-state index >= 15 is 0 Å². The summed E-state index contributed by atoms with van der Waals surface area (Å²) in [6, 6.07) is 3.82. The van der Waals surface area contributed by atoms with Gasteiger partial charge in [0.25, 0.3) is 0 Å². The molecule has 0 saturated heterocycles. The van der Waals surface area contributed by atoms with Gasteiger partial charge in [0.2, 0.25) is 0 Å². The average Bonchev–Trinajstić information content (AvgIpc) is 2.23. The predicted octanol–water partition coefficient (Wildman–Crippen LogP) is 3.33. The molecule has 1 aliphatic rings. The summed E-state index contributed by atoms with van der Waals surface area (Å²) in [5.41, 5.74) is 0. The highest BCUT2D eigenvalue weighted by atomic mass is 79.9. The topological polar surface area (TPSA) is 22.1 Å². The summed E-state index contributed by atoms with van der Waals surface area (Å²) in [4.78, 5) is 4.11. The number of aromatic nitrogens is 1. The van der Waals surface area contributed by atoms with Gasteiger partial charge in [-0.3, -0.25) is 0 Å². The maximum absolute atomic E-state index is 5.74. The molecular formula is C11H12BrNO. The first-order valence-corrected chi connectivity index (χ1v) is 5.59. The van der Waals surface area contributed by atoms with Gasteiger partial charge in [-0.2, -0.15) is 0 Å². The molecule has 0 fully saturated rings. The molecule has 1 heterocycles. The van der Waals surface area contributed by atoms with Crippen LogP contribution < -0.4 is 4.74 Å². The summed E-state index contributed by atoms with van der Waals surface area (Å²) in [5, 5.41) is 0. The van der Waals surface area contributed by atoms with Crippen LogP contribution in [0.2, 0.25) is 0 Å². The minimum absolute atomic E-state index is 0.228. The fourth-order valence-corrected chi connectivity index (χ4v) is 1.72. The van der Waals surface area contributed by atoms with Crippen LogP contribution in [0.15, 0.2) is 35.1 Å². The second-order valence-corrected chi connectivity index (χ2v) is 4.14. The summed E-state index contributed by atoms with van der Waals surface area (Å²) in [7, 11) is 0. The molecule has 0 saturated carbocycles. The van der Waals surface area contributed by atoms with Crippen LogP contribution in [0, 0.1) is 0 Å². The van der Waals surface area contributed by atoms with Crippen molar-refractivity contribution in [3.8, 4) is 5.75 Å². The molecule has 2 nitrogen and oxygen atoms in total. The largest absolute Gasteiger partial charge is 0.485 e. The van der Waals surface area contributed by atoms with E-state index in [0.29, 0.717) is 0 Å². The van der Waals surface area contributed by atoms with E-state index in [0.717, 1.165) is 16.8 Å². The van der Waals surface area contributed by atoms with E-state index in [2.05, 4.69) is 33.1 Å². The third-order valence-electron chi connectivity index (χ3n) is 2.20. The average molecular weight is 254 g/mol. The van der Waals surface area contributed by atoms with Crippen molar-refractivity contribution < 1.29 is 4.74 Å². The summed E-state index contributed by atoms with van der Waals surface area (Å²) in [5.74, 6) is 0.838. The van der Waals surface area contributed by atoms with Gasteiger partial charge in [0, 0.05) is 0 Å². The van der Waals surface area contributed by atoms with E-state index in [1.54, 1.807) is 6.20 Å². The Morgan fingerprint density at radius 2 is 2.36 bits per heavy atom. The van der Waals surface area contributed by atoms with Crippen molar-refractivity contribution in [1.29, 1.82) is 0 Å². The number of pyridine rings is 1. The van der Waals surface area contributed by atoms with Crippen LogP contribution in [-0.4, -0.2) is 11.1 Å². The molecule has 1 unspecified atom stereocenters. The first kappa shape index (κ1) is 9.71. The number of rotatable bonds is 2. The molecule has 74 valence electrons. The Balaban J connectivity index is 1.99. The molecule has 1 aromatic rings. The molecule has 1 aliphatic carbocycles. The van der Waals surface area contributed by atoms with Gasteiger partial charge >= 0.3 is 0 Å². The zero-order chi connectivity index (χ0) is 9.80. The minimum Gasteiger partial charge on any atom is -0.485 e. The first-order chi connectivity index (χ1) is 6.84. The van der Waals surface area contributed by atoms with Crippen LogP contribution in [0.3, 0.4) is 0 Å². The van der Waals surface area contributed by atoms with E-state index in [1.807, 2.05) is 12.1 Å².